The van der Waals surface area contributed by atoms with E-state index in [1.54, 1.807) is 18.2 Å². The largest absolute Gasteiger partial charge is 0.394 e. The second-order valence-electron chi connectivity index (χ2n) is 3.94. The lowest BCUT2D eigenvalue weighted by Gasteiger charge is -2.19. The van der Waals surface area contributed by atoms with Gasteiger partial charge in [-0.1, -0.05) is 18.2 Å². The molecule has 1 rings (SSSR count). The van der Waals surface area contributed by atoms with Crippen molar-refractivity contribution >= 4 is 0 Å². The Morgan fingerprint density at radius 3 is 2.69 bits per heavy atom. The Balaban J connectivity index is 2.37. The van der Waals surface area contributed by atoms with Gasteiger partial charge in [0.2, 0.25) is 0 Å². The molecule has 0 fully saturated rings. The fraction of sp³-hybridized carbons (Fsp3) is 0.500. The standard InChI is InChI=1S/C12H18FNO2/c1-14(8-11(16)9-15)7-6-10-4-2-3-5-12(10)13/h2-5,11,15-16H,6-9H2,1H3. The molecule has 1 aromatic carbocycles. The van der Waals surface area contributed by atoms with Gasteiger partial charge in [-0.15, -0.1) is 0 Å². The van der Waals surface area contributed by atoms with Crippen molar-refractivity contribution in [2.24, 2.45) is 0 Å². The van der Waals surface area contributed by atoms with Crippen molar-refractivity contribution < 1.29 is 14.6 Å². The lowest BCUT2D eigenvalue weighted by Crippen LogP contribution is -2.32. The highest BCUT2D eigenvalue weighted by Crippen LogP contribution is 2.07. The quantitative estimate of drug-likeness (QED) is 0.750. The van der Waals surface area contributed by atoms with E-state index in [1.807, 2.05) is 11.9 Å². The van der Waals surface area contributed by atoms with Crippen molar-refractivity contribution in [3.8, 4) is 0 Å². The Labute approximate surface area is 95.1 Å². The first kappa shape index (κ1) is 13.1. The van der Waals surface area contributed by atoms with Crippen LogP contribution < -0.4 is 0 Å². The molecule has 0 heterocycles. The van der Waals surface area contributed by atoms with Crippen LogP contribution in [0, 0.1) is 5.82 Å². The van der Waals surface area contributed by atoms with Gasteiger partial charge in [0.15, 0.2) is 0 Å². The number of rotatable bonds is 6. The fourth-order valence-electron chi connectivity index (χ4n) is 1.52. The number of hydrogen-bond acceptors (Lipinski definition) is 3. The highest BCUT2D eigenvalue weighted by atomic mass is 19.1. The molecule has 1 atom stereocenters. The van der Waals surface area contributed by atoms with Crippen LogP contribution in [0.15, 0.2) is 24.3 Å². The highest BCUT2D eigenvalue weighted by Gasteiger charge is 2.07. The summed E-state index contributed by atoms with van der Waals surface area (Å²) in [7, 11) is 1.83. The Kier molecular flexibility index (Phi) is 5.38. The summed E-state index contributed by atoms with van der Waals surface area (Å²) in [6.07, 6.45) is -0.132. The zero-order valence-electron chi connectivity index (χ0n) is 9.43. The number of aliphatic hydroxyl groups excluding tert-OH is 2. The lowest BCUT2D eigenvalue weighted by molar-refractivity contribution is 0.0669. The third-order valence-corrected chi connectivity index (χ3v) is 2.45. The van der Waals surface area contributed by atoms with E-state index in [4.69, 9.17) is 5.11 Å². The van der Waals surface area contributed by atoms with Crippen LogP contribution >= 0.6 is 0 Å². The number of benzene rings is 1. The van der Waals surface area contributed by atoms with Crippen LogP contribution in [0.1, 0.15) is 5.56 Å². The lowest BCUT2D eigenvalue weighted by atomic mass is 10.1. The topological polar surface area (TPSA) is 43.7 Å². The first-order valence-corrected chi connectivity index (χ1v) is 5.34. The monoisotopic (exact) mass is 227 g/mol. The molecular formula is C12H18FNO2. The summed E-state index contributed by atoms with van der Waals surface area (Å²) < 4.78 is 13.3. The third kappa shape index (κ3) is 4.26. The molecule has 0 saturated heterocycles. The van der Waals surface area contributed by atoms with E-state index in [-0.39, 0.29) is 12.4 Å². The number of aliphatic hydroxyl groups is 2. The van der Waals surface area contributed by atoms with Gasteiger partial charge in [-0.05, 0) is 25.1 Å². The second-order valence-corrected chi connectivity index (χ2v) is 3.94. The van der Waals surface area contributed by atoms with Crippen LogP contribution in [0.25, 0.3) is 0 Å². The first-order valence-electron chi connectivity index (χ1n) is 5.34. The fourth-order valence-corrected chi connectivity index (χ4v) is 1.52. The SMILES string of the molecule is CN(CCc1ccccc1F)CC(O)CO. The maximum atomic E-state index is 13.3. The molecule has 0 saturated carbocycles. The number of likely N-dealkylation sites (N-methyl/N-ethyl adjacent to an activating group) is 1. The van der Waals surface area contributed by atoms with Crippen LogP contribution in [-0.2, 0) is 6.42 Å². The molecule has 0 aliphatic heterocycles. The van der Waals surface area contributed by atoms with Crippen LogP contribution in [0.2, 0.25) is 0 Å². The molecule has 90 valence electrons. The summed E-state index contributed by atoms with van der Waals surface area (Å²) in [5, 5.41) is 17.9. The molecule has 16 heavy (non-hydrogen) atoms. The van der Waals surface area contributed by atoms with E-state index >= 15 is 0 Å². The van der Waals surface area contributed by atoms with E-state index < -0.39 is 6.10 Å². The number of hydrogen-bond donors (Lipinski definition) is 2. The van der Waals surface area contributed by atoms with Gasteiger partial charge < -0.3 is 15.1 Å². The minimum atomic E-state index is -0.731. The Hall–Kier alpha value is -0.970. The summed E-state index contributed by atoms with van der Waals surface area (Å²) in [6, 6.07) is 6.67. The predicted octanol–water partition coefficient (Wildman–Crippen LogP) is 0.653. The van der Waals surface area contributed by atoms with E-state index in [2.05, 4.69) is 0 Å². The van der Waals surface area contributed by atoms with Gasteiger partial charge in [-0.25, -0.2) is 4.39 Å². The molecule has 0 radical (unpaired) electrons. The van der Waals surface area contributed by atoms with E-state index in [9.17, 15) is 9.50 Å². The molecule has 0 aromatic heterocycles. The Bertz CT molecular complexity index is 320. The summed E-state index contributed by atoms with van der Waals surface area (Å²) in [5.74, 6) is -0.196. The average molecular weight is 227 g/mol. The molecular weight excluding hydrogens is 209 g/mol. The zero-order chi connectivity index (χ0) is 12.0. The van der Waals surface area contributed by atoms with Gasteiger partial charge in [0, 0.05) is 13.1 Å². The molecule has 0 bridgehead atoms. The normalized spacial score (nSPS) is 13.1. The summed E-state index contributed by atoms with van der Waals surface area (Å²) in [5.41, 5.74) is 0.674. The molecule has 4 heteroatoms. The Morgan fingerprint density at radius 1 is 1.38 bits per heavy atom. The van der Waals surface area contributed by atoms with Crippen LogP contribution in [0.4, 0.5) is 4.39 Å². The van der Waals surface area contributed by atoms with E-state index in [0.29, 0.717) is 25.1 Å². The number of halogens is 1. The van der Waals surface area contributed by atoms with Gasteiger partial charge in [0.1, 0.15) is 5.82 Å². The highest BCUT2D eigenvalue weighted by molar-refractivity contribution is 5.17. The van der Waals surface area contributed by atoms with Crippen LogP contribution in [0.3, 0.4) is 0 Å². The van der Waals surface area contributed by atoms with Crippen molar-refractivity contribution in [1.29, 1.82) is 0 Å². The van der Waals surface area contributed by atoms with Crippen molar-refractivity contribution in [3.05, 3.63) is 35.6 Å². The summed E-state index contributed by atoms with van der Waals surface area (Å²) >= 11 is 0. The summed E-state index contributed by atoms with van der Waals surface area (Å²) in [4.78, 5) is 1.87. The van der Waals surface area contributed by atoms with Crippen LogP contribution in [0.5, 0.6) is 0 Å². The molecule has 0 spiro atoms. The third-order valence-electron chi connectivity index (χ3n) is 2.45. The minimum Gasteiger partial charge on any atom is -0.394 e. The second kappa shape index (κ2) is 6.58. The van der Waals surface area contributed by atoms with Crippen molar-refractivity contribution in [2.75, 3.05) is 26.7 Å². The van der Waals surface area contributed by atoms with Crippen molar-refractivity contribution in [1.82, 2.24) is 4.90 Å². The van der Waals surface area contributed by atoms with Crippen molar-refractivity contribution in [3.63, 3.8) is 0 Å². The Morgan fingerprint density at radius 2 is 2.06 bits per heavy atom. The molecule has 0 aliphatic carbocycles. The van der Waals surface area contributed by atoms with Gasteiger partial charge in [-0.2, -0.15) is 0 Å². The van der Waals surface area contributed by atoms with Gasteiger partial charge >= 0.3 is 0 Å². The van der Waals surface area contributed by atoms with Gasteiger partial charge in [0.25, 0.3) is 0 Å². The smallest absolute Gasteiger partial charge is 0.126 e. The van der Waals surface area contributed by atoms with Crippen LogP contribution in [-0.4, -0.2) is 48.0 Å². The van der Waals surface area contributed by atoms with Gasteiger partial charge in [-0.3, -0.25) is 0 Å². The molecule has 0 aliphatic rings. The average Bonchev–Trinajstić information content (AvgIpc) is 2.28. The zero-order valence-corrected chi connectivity index (χ0v) is 9.43. The van der Waals surface area contributed by atoms with E-state index in [0.717, 1.165) is 0 Å². The predicted molar refractivity (Wildman–Crippen MR) is 60.7 cm³/mol. The summed E-state index contributed by atoms with van der Waals surface area (Å²) in [6.45, 7) is 0.799. The first-order chi connectivity index (χ1) is 7.63. The minimum absolute atomic E-state index is 0.196. The molecule has 2 N–H and O–H groups in total. The maximum absolute atomic E-state index is 13.3. The molecule has 0 amide bonds. The van der Waals surface area contributed by atoms with E-state index in [1.165, 1.54) is 6.07 Å². The van der Waals surface area contributed by atoms with Gasteiger partial charge in [0.05, 0.1) is 12.7 Å². The molecule has 1 unspecified atom stereocenters. The van der Waals surface area contributed by atoms with Crippen molar-refractivity contribution in [2.45, 2.75) is 12.5 Å². The maximum Gasteiger partial charge on any atom is 0.126 e. The molecule has 3 nitrogen and oxygen atoms in total. The molecule has 1 aromatic rings. The number of nitrogens with zero attached hydrogens (tertiary/aromatic N) is 1.